The summed E-state index contributed by atoms with van der Waals surface area (Å²) in [7, 11) is -6.20. The van der Waals surface area contributed by atoms with Crippen molar-refractivity contribution < 1.29 is 23.1 Å². The van der Waals surface area contributed by atoms with Crippen molar-refractivity contribution in [3.63, 3.8) is 0 Å². The fourth-order valence-electron chi connectivity index (χ4n) is 6.85. The minimum atomic E-state index is -3.22. The summed E-state index contributed by atoms with van der Waals surface area (Å²) in [6, 6.07) is 40.8. The van der Waals surface area contributed by atoms with Crippen LogP contribution in [0.1, 0.15) is 41.5 Å². The van der Waals surface area contributed by atoms with Crippen molar-refractivity contribution >= 4 is 53.3 Å². The lowest BCUT2D eigenvalue weighted by molar-refractivity contribution is -0.124. The van der Waals surface area contributed by atoms with Crippen LogP contribution < -0.4 is 20.7 Å². The van der Waals surface area contributed by atoms with Gasteiger partial charge in [0.2, 0.25) is 10.9 Å². The van der Waals surface area contributed by atoms with E-state index in [1.165, 1.54) is 0 Å². The fourth-order valence-corrected chi connectivity index (χ4v) is 16.8. The van der Waals surface area contributed by atoms with Gasteiger partial charge in [0.1, 0.15) is 12.2 Å². The quantitative estimate of drug-likeness (QED) is 0.164. The average molecular weight is 708 g/mol. The summed E-state index contributed by atoms with van der Waals surface area (Å²) < 4.78 is 34.9. The molecule has 0 amide bonds. The third-order valence-electron chi connectivity index (χ3n) is 8.95. The molecule has 45 heavy (non-hydrogen) atoms. The van der Waals surface area contributed by atoms with Gasteiger partial charge in [-0.25, -0.2) is 4.39 Å². The standard InChI is InChI=1S/C37H44BrFO4Si2/c1-35(2,3)44(28-19-11-7-12-20-28,29-21-13-8-14-22-29)41-27-32-33(37(38,39)34(40)42-32)43-45(36(4,5)6,30-23-15-9-16-24-30)31-25-17-10-18-26-31/h7-26,32-34,40H,27H2,1-6H3/t32-,33-,34?,37-/m1/s1. The van der Waals surface area contributed by atoms with Gasteiger partial charge in [0.25, 0.3) is 16.6 Å². The lowest BCUT2D eigenvalue weighted by Gasteiger charge is -2.47. The van der Waals surface area contributed by atoms with Crippen molar-refractivity contribution in [1.29, 1.82) is 0 Å². The molecule has 0 aromatic heterocycles. The summed E-state index contributed by atoms with van der Waals surface area (Å²) in [5.41, 5.74) is 0. The molecule has 1 N–H and O–H groups in total. The molecule has 238 valence electrons. The number of benzene rings is 4. The van der Waals surface area contributed by atoms with Crippen LogP contribution in [0.25, 0.3) is 0 Å². The second-order valence-corrected chi connectivity index (χ2v) is 23.7. The summed E-state index contributed by atoms with van der Waals surface area (Å²) in [5.74, 6) is 0. The molecule has 4 atom stereocenters. The van der Waals surface area contributed by atoms with E-state index in [1.807, 2.05) is 72.8 Å². The highest BCUT2D eigenvalue weighted by Gasteiger charge is 2.63. The number of aliphatic hydroxyl groups excluding tert-OH is 1. The van der Waals surface area contributed by atoms with Gasteiger partial charge in [-0.05, 0) is 46.8 Å². The third kappa shape index (κ3) is 6.18. The van der Waals surface area contributed by atoms with Crippen LogP contribution in [0.15, 0.2) is 121 Å². The zero-order valence-electron chi connectivity index (χ0n) is 26.9. The fraction of sp³-hybridized carbons (Fsp3) is 0.351. The molecule has 4 aromatic carbocycles. The predicted octanol–water partition coefficient (Wildman–Crippen LogP) is 6.29. The molecule has 1 aliphatic heterocycles. The van der Waals surface area contributed by atoms with Gasteiger partial charge in [0.05, 0.1) is 6.61 Å². The van der Waals surface area contributed by atoms with Crippen LogP contribution in [0.4, 0.5) is 4.39 Å². The smallest absolute Gasteiger partial charge is 0.261 e. The number of hydrogen-bond donors (Lipinski definition) is 1. The van der Waals surface area contributed by atoms with Crippen molar-refractivity contribution in [3.05, 3.63) is 121 Å². The van der Waals surface area contributed by atoms with Gasteiger partial charge >= 0.3 is 0 Å². The number of hydrogen-bond acceptors (Lipinski definition) is 4. The van der Waals surface area contributed by atoms with E-state index in [0.717, 1.165) is 20.7 Å². The molecule has 1 saturated heterocycles. The summed E-state index contributed by atoms with van der Waals surface area (Å²) >= 11 is 3.24. The molecule has 4 nitrogen and oxygen atoms in total. The maximum Gasteiger partial charge on any atom is 0.261 e. The Kier molecular flexibility index (Phi) is 9.79. The Balaban J connectivity index is 1.62. The normalized spacial score (nSPS) is 22.8. The summed E-state index contributed by atoms with van der Waals surface area (Å²) in [5, 5.41) is 14.6. The Morgan fingerprint density at radius 2 is 1.00 bits per heavy atom. The van der Waals surface area contributed by atoms with Gasteiger partial charge in [-0.15, -0.1) is 0 Å². The van der Waals surface area contributed by atoms with Crippen molar-refractivity contribution in [2.24, 2.45) is 0 Å². The Bertz CT molecular complexity index is 1450. The SMILES string of the molecule is CC(C)(C)[Si](OC[C@H]1OC(O)[C@@](F)(Br)[C@@H]1O[Si](c1ccccc1)(c1ccccc1)C(C)(C)C)(c1ccccc1)c1ccccc1. The number of alkyl halides is 2. The monoisotopic (exact) mass is 706 g/mol. The molecule has 0 aliphatic carbocycles. The van der Waals surface area contributed by atoms with Crippen LogP contribution in [0, 0.1) is 0 Å². The van der Waals surface area contributed by atoms with E-state index >= 15 is 4.39 Å². The van der Waals surface area contributed by atoms with Gasteiger partial charge < -0.3 is 18.7 Å². The number of halogens is 2. The first kappa shape index (κ1) is 33.9. The second-order valence-electron chi connectivity index (χ2n) is 13.9. The third-order valence-corrected chi connectivity index (χ3v) is 19.8. The van der Waals surface area contributed by atoms with Gasteiger partial charge in [0, 0.05) is 0 Å². The Morgan fingerprint density at radius 1 is 0.667 bits per heavy atom. The van der Waals surface area contributed by atoms with Gasteiger partial charge in [-0.3, -0.25) is 0 Å². The maximum atomic E-state index is 16.8. The zero-order valence-corrected chi connectivity index (χ0v) is 30.5. The first-order chi connectivity index (χ1) is 21.2. The van der Waals surface area contributed by atoms with Crippen molar-refractivity contribution in [2.75, 3.05) is 6.61 Å². The van der Waals surface area contributed by atoms with Gasteiger partial charge in [-0.2, -0.15) is 0 Å². The minimum Gasteiger partial charge on any atom is -0.405 e. The number of aliphatic hydroxyl groups is 1. The summed E-state index contributed by atoms with van der Waals surface area (Å²) in [6.07, 6.45) is -3.81. The van der Waals surface area contributed by atoms with E-state index in [-0.39, 0.29) is 11.6 Å². The van der Waals surface area contributed by atoms with Gasteiger partial charge in [0.15, 0.2) is 0 Å². The average Bonchev–Trinajstić information content (AvgIpc) is 3.23. The molecular formula is C37H44BrFO4Si2. The van der Waals surface area contributed by atoms with Crippen LogP contribution in [-0.4, -0.2) is 51.4 Å². The van der Waals surface area contributed by atoms with Crippen LogP contribution in [0.3, 0.4) is 0 Å². The molecule has 1 fully saturated rings. The topological polar surface area (TPSA) is 47.9 Å². The lowest BCUT2D eigenvalue weighted by atomic mass is 10.2. The largest absolute Gasteiger partial charge is 0.405 e. The maximum absolute atomic E-state index is 16.8. The van der Waals surface area contributed by atoms with Gasteiger partial charge in [-0.1, -0.05) is 163 Å². The Labute approximate surface area is 278 Å². The Morgan fingerprint density at radius 3 is 1.33 bits per heavy atom. The zero-order chi connectivity index (χ0) is 32.5. The van der Waals surface area contributed by atoms with E-state index < -0.39 is 44.7 Å². The first-order valence-electron chi connectivity index (χ1n) is 15.5. The molecule has 1 unspecified atom stereocenters. The molecule has 4 aromatic rings. The highest BCUT2D eigenvalue weighted by atomic mass is 79.9. The van der Waals surface area contributed by atoms with Crippen LogP contribution >= 0.6 is 15.9 Å². The van der Waals surface area contributed by atoms with Crippen molar-refractivity contribution in [2.45, 2.75) is 74.7 Å². The Hall–Kier alpha value is -2.44. The number of rotatable bonds is 9. The van der Waals surface area contributed by atoms with E-state index in [1.54, 1.807) is 0 Å². The molecular weight excluding hydrogens is 663 g/mol. The van der Waals surface area contributed by atoms with E-state index in [9.17, 15) is 5.11 Å². The first-order valence-corrected chi connectivity index (χ1v) is 20.1. The summed E-state index contributed by atoms with van der Waals surface area (Å²) in [6.45, 7) is 13.1. The number of ether oxygens (including phenoxy) is 1. The van der Waals surface area contributed by atoms with E-state index in [4.69, 9.17) is 13.6 Å². The van der Waals surface area contributed by atoms with E-state index in [2.05, 4.69) is 106 Å². The van der Waals surface area contributed by atoms with Crippen LogP contribution in [0.2, 0.25) is 10.1 Å². The molecule has 8 heteroatoms. The predicted molar refractivity (Wildman–Crippen MR) is 190 cm³/mol. The second kappa shape index (κ2) is 13.0. The van der Waals surface area contributed by atoms with Crippen molar-refractivity contribution in [1.82, 2.24) is 0 Å². The highest BCUT2D eigenvalue weighted by molar-refractivity contribution is 9.10. The van der Waals surface area contributed by atoms with Crippen LogP contribution in [0.5, 0.6) is 0 Å². The highest BCUT2D eigenvalue weighted by Crippen LogP contribution is 2.47. The molecule has 0 bridgehead atoms. The molecule has 5 rings (SSSR count). The molecule has 1 heterocycles. The van der Waals surface area contributed by atoms with Crippen molar-refractivity contribution in [3.8, 4) is 0 Å². The molecule has 0 radical (unpaired) electrons. The minimum absolute atomic E-state index is 0.0322. The van der Waals surface area contributed by atoms with E-state index in [0.29, 0.717) is 0 Å². The van der Waals surface area contributed by atoms with Crippen LogP contribution in [-0.2, 0) is 13.6 Å². The molecule has 0 spiro atoms. The summed E-state index contributed by atoms with van der Waals surface area (Å²) in [4.78, 5) is 0. The molecule has 1 aliphatic rings. The lowest BCUT2D eigenvalue weighted by Crippen LogP contribution is -2.70. The molecule has 0 saturated carbocycles.